The lowest BCUT2D eigenvalue weighted by Gasteiger charge is -2.37. The van der Waals surface area contributed by atoms with Gasteiger partial charge in [0, 0.05) is 41.3 Å². The number of thiazole rings is 1. The fourth-order valence-corrected chi connectivity index (χ4v) is 5.04. The SMILES string of the molecule is Cc1c(Cl)cccc1C(=O)NCc1cnc(C2(O)CCN(Cc3ccc(F)cc3)CC2)s1. The maximum atomic E-state index is 13.1. The standard InChI is InChI=1S/C24H25ClFN3O2S/c1-16-20(3-2-4-21(16)25)22(30)27-13-19-14-28-23(32-19)24(31)9-11-29(12-10-24)15-17-5-7-18(26)8-6-17/h2-8,14,31H,9-13,15H2,1H3,(H,27,30). The third-order valence-electron chi connectivity index (χ3n) is 5.89. The average molecular weight is 474 g/mol. The highest BCUT2D eigenvalue weighted by atomic mass is 35.5. The van der Waals surface area contributed by atoms with E-state index in [1.807, 2.05) is 6.92 Å². The van der Waals surface area contributed by atoms with Crippen molar-refractivity contribution in [3.05, 3.63) is 86.1 Å². The second-order valence-corrected chi connectivity index (χ2v) is 9.68. The quantitative estimate of drug-likeness (QED) is 0.546. The van der Waals surface area contributed by atoms with E-state index in [4.69, 9.17) is 11.6 Å². The largest absolute Gasteiger partial charge is 0.383 e. The number of carbonyl (C=O) groups excluding carboxylic acids is 1. The van der Waals surface area contributed by atoms with Crippen LogP contribution in [0.3, 0.4) is 0 Å². The zero-order chi connectivity index (χ0) is 22.7. The Hall–Kier alpha value is -2.32. The zero-order valence-corrected chi connectivity index (χ0v) is 19.3. The highest BCUT2D eigenvalue weighted by Crippen LogP contribution is 2.35. The molecule has 0 radical (unpaired) electrons. The molecular weight excluding hydrogens is 449 g/mol. The van der Waals surface area contributed by atoms with Gasteiger partial charge in [-0.05, 0) is 55.2 Å². The Bertz CT molecular complexity index is 1090. The summed E-state index contributed by atoms with van der Waals surface area (Å²) in [7, 11) is 0. The van der Waals surface area contributed by atoms with Gasteiger partial charge >= 0.3 is 0 Å². The molecule has 2 aromatic carbocycles. The van der Waals surface area contributed by atoms with Crippen LogP contribution >= 0.6 is 22.9 Å². The number of halogens is 2. The Labute approximate surface area is 195 Å². The van der Waals surface area contributed by atoms with Crippen molar-refractivity contribution in [3.8, 4) is 0 Å². The van der Waals surface area contributed by atoms with E-state index >= 15 is 0 Å². The minimum atomic E-state index is -0.963. The predicted octanol–water partition coefficient (Wildman–Crippen LogP) is 4.66. The second kappa shape index (κ2) is 9.67. The van der Waals surface area contributed by atoms with Crippen molar-refractivity contribution in [2.45, 2.75) is 38.5 Å². The van der Waals surface area contributed by atoms with Crippen LogP contribution in [0.1, 0.15) is 44.2 Å². The molecule has 0 aliphatic carbocycles. The van der Waals surface area contributed by atoms with Gasteiger partial charge in [0.05, 0.1) is 6.54 Å². The van der Waals surface area contributed by atoms with Gasteiger partial charge in [-0.2, -0.15) is 0 Å². The summed E-state index contributed by atoms with van der Waals surface area (Å²) < 4.78 is 13.1. The number of aliphatic hydroxyl groups is 1. The van der Waals surface area contributed by atoms with E-state index in [2.05, 4.69) is 15.2 Å². The molecule has 32 heavy (non-hydrogen) atoms. The lowest BCUT2D eigenvalue weighted by Crippen LogP contribution is -2.42. The molecular formula is C24H25ClFN3O2S. The Morgan fingerprint density at radius 2 is 1.97 bits per heavy atom. The number of benzene rings is 2. The van der Waals surface area contributed by atoms with Gasteiger partial charge in [0.25, 0.3) is 5.91 Å². The summed E-state index contributed by atoms with van der Waals surface area (Å²) in [5.74, 6) is -0.423. The molecule has 8 heteroatoms. The van der Waals surface area contributed by atoms with Crippen molar-refractivity contribution in [2.24, 2.45) is 0 Å². The first-order chi connectivity index (χ1) is 15.3. The molecule has 0 atom stereocenters. The van der Waals surface area contributed by atoms with Crippen LogP contribution in [0.4, 0.5) is 4.39 Å². The van der Waals surface area contributed by atoms with Gasteiger partial charge in [0.1, 0.15) is 16.4 Å². The first-order valence-corrected chi connectivity index (χ1v) is 11.7. The summed E-state index contributed by atoms with van der Waals surface area (Å²) in [6, 6.07) is 11.8. The number of likely N-dealkylation sites (tertiary alicyclic amines) is 1. The smallest absolute Gasteiger partial charge is 0.251 e. The molecule has 1 aromatic heterocycles. The van der Waals surface area contributed by atoms with E-state index < -0.39 is 5.60 Å². The van der Waals surface area contributed by atoms with E-state index in [1.54, 1.807) is 36.5 Å². The van der Waals surface area contributed by atoms with Crippen LogP contribution in [-0.2, 0) is 18.7 Å². The highest BCUT2D eigenvalue weighted by Gasteiger charge is 2.36. The first kappa shape index (κ1) is 22.9. The van der Waals surface area contributed by atoms with Gasteiger partial charge in [-0.3, -0.25) is 9.69 Å². The summed E-state index contributed by atoms with van der Waals surface area (Å²) in [6.07, 6.45) is 2.87. The van der Waals surface area contributed by atoms with Gasteiger partial charge in [0.15, 0.2) is 0 Å². The van der Waals surface area contributed by atoms with Crippen LogP contribution in [0.25, 0.3) is 0 Å². The van der Waals surface area contributed by atoms with Gasteiger partial charge < -0.3 is 10.4 Å². The molecule has 4 rings (SSSR count). The number of nitrogens with one attached hydrogen (secondary N) is 1. The van der Waals surface area contributed by atoms with Crippen molar-refractivity contribution in [1.82, 2.24) is 15.2 Å². The molecule has 3 aromatic rings. The van der Waals surface area contributed by atoms with Gasteiger partial charge in [-0.1, -0.05) is 29.8 Å². The van der Waals surface area contributed by atoms with Crippen molar-refractivity contribution >= 4 is 28.8 Å². The van der Waals surface area contributed by atoms with E-state index in [0.717, 1.165) is 35.6 Å². The van der Waals surface area contributed by atoms with Crippen molar-refractivity contribution < 1.29 is 14.3 Å². The van der Waals surface area contributed by atoms with Crippen molar-refractivity contribution in [2.75, 3.05) is 13.1 Å². The number of rotatable bonds is 6. The third-order valence-corrected chi connectivity index (χ3v) is 7.49. The number of hydrogen-bond acceptors (Lipinski definition) is 5. The minimum Gasteiger partial charge on any atom is -0.383 e. The monoisotopic (exact) mass is 473 g/mol. The maximum Gasteiger partial charge on any atom is 0.251 e. The first-order valence-electron chi connectivity index (χ1n) is 10.5. The Balaban J connectivity index is 1.32. The van der Waals surface area contributed by atoms with Gasteiger partial charge in [0.2, 0.25) is 0 Å². The van der Waals surface area contributed by atoms with Gasteiger partial charge in [-0.25, -0.2) is 9.37 Å². The molecule has 0 unspecified atom stereocenters. The lowest BCUT2D eigenvalue weighted by molar-refractivity contribution is -0.0278. The van der Waals surface area contributed by atoms with Crippen LogP contribution in [0.5, 0.6) is 0 Å². The summed E-state index contributed by atoms with van der Waals surface area (Å²) in [4.78, 5) is 20.1. The molecule has 168 valence electrons. The van der Waals surface area contributed by atoms with Crippen molar-refractivity contribution in [3.63, 3.8) is 0 Å². The minimum absolute atomic E-state index is 0.187. The summed E-state index contributed by atoms with van der Waals surface area (Å²) in [5, 5.41) is 15.3. The molecule has 0 bridgehead atoms. The van der Waals surface area contributed by atoms with Crippen molar-refractivity contribution in [1.29, 1.82) is 0 Å². The summed E-state index contributed by atoms with van der Waals surface area (Å²) in [6.45, 7) is 4.35. The number of aromatic nitrogens is 1. The summed E-state index contributed by atoms with van der Waals surface area (Å²) in [5.41, 5.74) is 1.39. The number of hydrogen-bond donors (Lipinski definition) is 2. The van der Waals surface area contributed by atoms with Crippen LogP contribution < -0.4 is 5.32 Å². The number of piperidine rings is 1. The second-order valence-electron chi connectivity index (χ2n) is 8.16. The zero-order valence-electron chi connectivity index (χ0n) is 17.8. The number of amides is 1. The maximum absolute atomic E-state index is 13.1. The molecule has 2 N–H and O–H groups in total. The third kappa shape index (κ3) is 5.18. The molecule has 0 spiro atoms. The Morgan fingerprint density at radius 3 is 2.69 bits per heavy atom. The molecule has 2 heterocycles. The van der Waals surface area contributed by atoms with Gasteiger partial charge in [-0.15, -0.1) is 11.3 Å². The molecule has 1 fully saturated rings. The van der Waals surface area contributed by atoms with E-state index in [9.17, 15) is 14.3 Å². The molecule has 1 aliphatic heterocycles. The highest BCUT2D eigenvalue weighted by molar-refractivity contribution is 7.11. The summed E-state index contributed by atoms with van der Waals surface area (Å²) >= 11 is 7.53. The molecule has 5 nitrogen and oxygen atoms in total. The normalized spacial score (nSPS) is 16.1. The Morgan fingerprint density at radius 1 is 1.25 bits per heavy atom. The van der Waals surface area contributed by atoms with Crippen LogP contribution in [0.2, 0.25) is 5.02 Å². The predicted molar refractivity (Wildman–Crippen MR) is 124 cm³/mol. The lowest BCUT2D eigenvalue weighted by atomic mass is 9.92. The number of nitrogens with zero attached hydrogens (tertiary/aromatic N) is 2. The van der Waals surface area contributed by atoms with Crippen LogP contribution in [-0.4, -0.2) is 34.0 Å². The Kier molecular flexibility index (Phi) is 6.90. The number of carbonyl (C=O) groups is 1. The molecule has 1 saturated heterocycles. The topological polar surface area (TPSA) is 65.5 Å². The molecule has 1 aliphatic rings. The fraction of sp³-hybridized carbons (Fsp3) is 0.333. The van der Waals surface area contributed by atoms with E-state index in [0.29, 0.717) is 35.0 Å². The molecule has 1 amide bonds. The average Bonchev–Trinajstić information content (AvgIpc) is 3.27. The van der Waals surface area contributed by atoms with E-state index in [1.165, 1.54) is 23.5 Å². The van der Waals surface area contributed by atoms with Crippen LogP contribution in [0.15, 0.2) is 48.7 Å². The molecule has 0 saturated carbocycles. The van der Waals surface area contributed by atoms with E-state index in [-0.39, 0.29) is 11.7 Å². The van der Waals surface area contributed by atoms with Crippen LogP contribution in [0, 0.1) is 12.7 Å². The fourth-order valence-electron chi connectivity index (χ4n) is 3.86.